The number of nitrogens with zero attached hydrogens (tertiary/aromatic N) is 4. The second kappa shape index (κ2) is 10.4. The maximum atomic E-state index is 12.9. The summed E-state index contributed by atoms with van der Waals surface area (Å²) in [5.41, 5.74) is 10.4. The molecule has 0 aliphatic heterocycles. The van der Waals surface area contributed by atoms with Crippen LogP contribution in [0.3, 0.4) is 0 Å². The van der Waals surface area contributed by atoms with E-state index in [9.17, 15) is 4.79 Å². The van der Waals surface area contributed by atoms with Crippen molar-refractivity contribution in [1.29, 1.82) is 0 Å². The summed E-state index contributed by atoms with van der Waals surface area (Å²) >= 11 is 0. The van der Waals surface area contributed by atoms with Crippen LogP contribution in [0.2, 0.25) is 0 Å². The Morgan fingerprint density at radius 1 is 0.946 bits per heavy atom. The van der Waals surface area contributed by atoms with Gasteiger partial charge in [0.25, 0.3) is 5.89 Å². The van der Waals surface area contributed by atoms with Crippen molar-refractivity contribution in [1.82, 2.24) is 19.9 Å². The summed E-state index contributed by atoms with van der Waals surface area (Å²) in [6.45, 7) is 4.15. The fourth-order valence-electron chi connectivity index (χ4n) is 3.87. The van der Waals surface area contributed by atoms with Gasteiger partial charge in [-0.3, -0.25) is 4.79 Å². The van der Waals surface area contributed by atoms with Gasteiger partial charge in [0.1, 0.15) is 17.9 Å². The van der Waals surface area contributed by atoms with E-state index in [-0.39, 0.29) is 24.2 Å². The number of hydrogen-bond donors (Lipinski definition) is 3. The summed E-state index contributed by atoms with van der Waals surface area (Å²) in [5, 5.41) is 14.8. The molecule has 0 spiro atoms. The Bertz CT molecular complexity index is 1490. The Balaban J connectivity index is 1.43. The maximum absolute atomic E-state index is 12.9. The van der Waals surface area contributed by atoms with E-state index in [2.05, 4.69) is 39.7 Å². The van der Waals surface area contributed by atoms with E-state index >= 15 is 0 Å². The highest BCUT2D eigenvalue weighted by Crippen LogP contribution is 2.35. The SMILES string of the molecule is CC(C)c1ccc(NC(=O)Cn2nc(Nc3ccccc3)c(-c3nc(-c4ccccc4)no3)c2N)cc1. The normalized spacial score (nSPS) is 11.0. The molecule has 9 nitrogen and oxygen atoms in total. The first kappa shape index (κ1) is 23.8. The van der Waals surface area contributed by atoms with Crippen molar-refractivity contribution in [3.05, 3.63) is 90.5 Å². The summed E-state index contributed by atoms with van der Waals surface area (Å²) in [6, 6.07) is 26.8. The van der Waals surface area contributed by atoms with Crippen LogP contribution in [0.5, 0.6) is 0 Å². The van der Waals surface area contributed by atoms with Gasteiger partial charge in [-0.2, -0.15) is 10.1 Å². The molecule has 4 N–H and O–H groups in total. The largest absolute Gasteiger partial charge is 0.383 e. The van der Waals surface area contributed by atoms with E-state index in [0.29, 0.717) is 28.8 Å². The van der Waals surface area contributed by atoms with E-state index in [1.165, 1.54) is 10.2 Å². The average molecular weight is 494 g/mol. The first-order valence-electron chi connectivity index (χ1n) is 12.0. The van der Waals surface area contributed by atoms with E-state index < -0.39 is 0 Å². The highest BCUT2D eigenvalue weighted by atomic mass is 16.5. The lowest BCUT2D eigenvalue weighted by atomic mass is 10.0. The Hall–Kier alpha value is -4.92. The number of nitrogens with two attached hydrogens (primary N) is 1. The highest BCUT2D eigenvalue weighted by Gasteiger charge is 2.24. The molecule has 37 heavy (non-hydrogen) atoms. The van der Waals surface area contributed by atoms with Crippen LogP contribution in [-0.4, -0.2) is 25.8 Å². The molecule has 186 valence electrons. The minimum absolute atomic E-state index is 0.0963. The third-order valence-corrected chi connectivity index (χ3v) is 5.85. The van der Waals surface area contributed by atoms with Crippen molar-refractivity contribution in [2.24, 2.45) is 0 Å². The Morgan fingerprint density at radius 2 is 1.62 bits per heavy atom. The van der Waals surface area contributed by atoms with E-state index in [4.69, 9.17) is 10.3 Å². The number of hydrogen-bond acceptors (Lipinski definition) is 7. The van der Waals surface area contributed by atoms with Crippen LogP contribution in [-0.2, 0) is 11.3 Å². The van der Waals surface area contributed by atoms with E-state index in [1.807, 2.05) is 84.9 Å². The predicted molar refractivity (Wildman–Crippen MR) is 144 cm³/mol. The topological polar surface area (TPSA) is 124 Å². The van der Waals surface area contributed by atoms with Crippen LogP contribution in [0.25, 0.3) is 22.8 Å². The van der Waals surface area contributed by atoms with Crippen LogP contribution < -0.4 is 16.4 Å². The molecule has 0 saturated carbocycles. The molecule has 0 saturated heterocycles. The summed E-state index contributed by atoms with van der Waals surface area (Å²) in [6.07, 6.45) is 0. The van der Waals surface area contributed by atoms with Crippen molar-refractivity contribution in [2.45, 2.75) is 26.3 Å². The van der Waals surface area contributed by atoms with Gasteiger partial charge in [-0.25, -0.2) is 4.68 Å². The summed E-state index contributed by atoms with van der Waals surface area (Å²) < 4.78 is 7.00. The first-order chi connectivity index (χ1) is 18.0. The molecule has 1 amide bonds. The fourth-order valence-corrected chi connectivity index (χ4v) is 3.87. The number of carbonyl (C=O) groups excluding carboxylic acids is 1. The molecule has 0 atom stereocenters. The lowest BCUT2D eigenvalue weighted by molar-refractivity contribution is -0.116. The summed E-state index contributed by atoms with van der Waals surface area (Å²) in [5.74, 6) is 1.41. The number of aromatic nitrogens is 4. The van der Waals surface area contributed by atoms with Crippen molar-refractivity contribution < 1.29 is 9.32 Å². The molecule has 0 bridgehead atoms. The van der Waals surface area contributed by atoms with Gasteiger partial charge < -0.3 is 20.9 Å². The molecule has 2 aromatic heterocycles. The van der Waals surface area contributed by atoms with Crippen molar-refractivity contribution in [3.63, 3.8) is 0 Å². The third-order valence-electron chi connectivity index (χ3n) is 5.85. The third kappa shape index (κ3) is 5.35. The number of anilines is 4. The van der Waals surface area contributed by atoms with Crippen LogP contribution in [0, 0.1) is 0 Å². The van der Waals surface area contributed by atoms with E-state index in [0.717, 1.165) is 11.3 Å². The molecule has 2 heterocycles. The van der Waals surface area contributed by atoms with Gasteiger partial charge >= 0.3 is 0 Å². The molecule has 5 rings (SSSR count). The molecule has 0 fully saturated rings. The van der Waals surface area contributed by atoms with Crippen molar-refractivity contribution in [3.8, 4) is 22.8 Å². The van der Waals surface area contributed by atoms with Gasteiger partial charge in [0.05, 0.1) is 0 Å². The monoisotopic (exact) mass is 493 g/mol. The highest BCUT2D eigenvalue weighted by molar-refractivity contribution is 5.91. The van der Waals surface area contributed by atoms with Gasteiger partial charge in [0.2, 0.25) is 11.7 Å². The maximum Gasteiger partial charge on any atom is 0.265 e. The number of amides is 1. The first-order valence-corrected chi connectivity index (χ1v) is 12.0. The van der Waals surface area contributed by atoms with Crippen LogP contribution in [0.15, 0.2) is 89.5 Å². The molecular formula is C28H27N7O2. The zero-order valence-corrected chi connectivity index (χ0v) is 20.6. The second-order valence-corrected chi connectivity index (χ2v) is 8.87. The number of nitrogens with one attached hydrogen (secondary N) is 2. The number of nitrogen functional groups attached to an aromatic ring is 1. The van der Waals surface area contributed by atoms with Gasteiger partial charge in [-0.1, -0.05) is 79.7 Å². The Labute approximate surface area is 214 Å². The number of para-hydroxylation sites is 1. The molecule has 0 aliphatic rings. The van der Waals surface area contributed by atoms with Crippen LogP contribution in [0.4, 0.5) is 23.0 Å². The molecule has 5 aromatic rings. The molecule has 0 aliphatic carbocycles. The van der Waals surface area contributed by atoms with Crippen LogP contribution >= 0.6 is 0 Å². The van der Waals surface area contributed by atoms with Gasteiger partial charge in [0.15, 0.2) is 5.82 Å². The zero-order valence-electron chi connectivity index (χ0n) is 20.6. The molecule has 3 aromatic carbocycles. The Morgan fingerprint density at radius 3 is 2.30 bits per heavy atom. The summed E-state index contributed by atoms with van der Waals surface area (Å²) in [7, 11) is 0. The van der Waals surface area contributed by atoms with Crippen LogP contribution in [0.1, 0.15) is 25.3 Å². The van der Waals surface area contributed by atoms with Crippen molar-refractivity contribution >= 4 is 28.9 Å². The molecule has 0 radical (unpaired) electrons. The average Bonchev–Trinajstić information content (AvgIpc) is 3.50. The molecule has 9 heteroatoms. The fraction of sp³-hybridized carbons (Fsp3) is 0.143. The number of carbonyl (C=O) groups is 1. The van der Waals surface area contributed by atoms with E-state index in [1.54, 1.807) is 0 Å². The minimum atomic E-state index is -0.264. The van der Waals surface area contributed by atoms with Crippen molar-refractivity contribution in [2.75, 3.05) is 16.4 Å². The smallest absolute Gasteiger partial charge is 0.265 e. The van der Waals surface area contributed by atoms with Gasteiger partial charge in [-0.15, -0.1) is 0 Å². The quantitative estimate of drug-likeness (QED) is 0.254. The zero-order chi connectivity index (χ0) is 25.8. The predicted octanol–water partition coefficient (Wildman–Crippen LogP) is 5.69. The standard InChI is InChI=1S/C28H27N7O2/c1-18(2)19-13-15-22(16-14-19)30-23(36)17-35-25(29)24(27(33-35)31-21-11-7-4-8-12-21)28-32-26(34-37-28)20-9-5-3-6-10-20/h3-16,18H,17,29H2,1-2H3,(H,30,36)(H,31,33). The molecular weight excluding hydrogens is 466 g/mol. The number of benzene rings is 3. The Kier molecular flexibility index (Phi) is 6.67. The lowest BCUT2D eigenvalue weighted by Gasteiger charge is -2.09. The van der Waals surface area contributed by atoms with Gasteiger partial charge in [0, 0.05) is 16.9 Å². The second-order valence-electron chi connectivity index (χ2n) is 8.87. The van der Waals surface area contributed by atoms with Gasteiger partial charge in [-0.05, 0) is 35.7 Å². The number of rotatable bonds is 8. The minimum Gasteiger partial charge on any atom is -0.383 e. The summed E-state index contributed by atoms with van der Waals surface area (Å²) in [4.78, 5) is 17.4. The molecule has 0 unspecified atom stereocenters. The lowest BCUT2D eigenvalue weighted by Crippen LogP contribution is -2.20.